The number of benzene rings is 1. The summed E-state index contributed by atoms with van der Waals surface area (Å²) >= 11 is 1.62. The zero-order valence-corrected chi connectivity index (χ0v) is 8.24. The SMILES string of the molecule is Nc1ccc(Sc2cncnc2)cc1. The summed E-state index contributed by atoms with van der Waals surface area (Å²) in [6.07, 6.45) is 5.09. The van der Waals surface area contributed by atoms with Crippen LogP contribution in [0.1, 0.15) is 0 Å². The van der Waals surface area contributed by atoms with Crippen LogP contribution in [0.5, 0.6) is 0 Å². The maximum atomic E-state index is 5.59. The van der Waals surface area contributed by atoms with E-state index in [0.717, 1.165) is 15.5 Å². The van der Waals surface area contributed by atoms with E-state index in [1.54, 1.807) is 24.2 Å². The van der Waals surface area contributed by atoms with E-state index in [1.165, 1.54) is 6.33 Å². The first-order valence-corrected chi connectivity index (χ1v) is 4.94. The molecule has 0 unspecified atom stereocenters. The summed E-state index contributed by atoms with van der Waals surface area (Å²) in [4.78, 5) is 10.0. The molecule has 0 bridgehead atoms. The van der Waals surface area contributed by atoms with Gasteiger partial charge in [-0.1, -0.05) is 11.8 Å². The molecule has 1 aromatic heterocycles. The number of hydrogen-bond donors (Lipinski definition) is 1. The molecule has 0 saturated carbocycles. The van der Waals surface area contributed by atoms with Crippen LogP contribution in [-0.4, -0.2) is 9.97 Å². The predicted octanol–water partition coefficient (Wildman–Crippen LogP) is 2.21. The first-order chi connectivity index (χ1) is 6.84. The smallest absolute Gasteiger partial charge is 0.115 e. The van der Waals surface area contributed by atoms with Gasteiger partial charge in [-0.2, -0.15) is 0 Å². The molecular formula is C10H9N3S. The second kappa shape index (κ2) is 4.11. The second-order valence-electron chi connectivity index (χ2n) is 2.75. The minimum atomic E-state index is 0.777. The van der Waals surface area contributed by atoms with Gasteiger partial charge in [-0.3, -0.25) is 0 Å². The van der Waals surface area contributed by atoms with Crippen LogP contribution in [0.3, 0.4) is 0 Å². The highest BCUT2D eigenvalue weighted by Gasteiger charge is 1.96. The summed E-state index contributed by atoms with van der Waals surface area (Å²) in [6.45, 7) is 0. The van der Waals surface area contributed by atoms with Crippen molar-refractivity contribution in [2.45, 2.75) is 9.79 Å². The lowest BCUT2D eigenvalue weighted by Gasteiger charge is -2.00. The number of nitrogens with zero attached hydrogens (tertiary/aromatic N) is 2. The van der Waals surface area contributed by atoms with Crippen LogP contribution in [-0.2, 0) is 0 Å². The molecule has 0 saturated heterocycles. The van der Waals surface area contributed by atoms with Crippen LogP contribution in [0.4, 0.5) is 5.69 Å². The Balaban J connectivity index is 2.16. The fraction of sp³-hybridized carbons (Fsp3) is 0. The normalized spacial score (nSPS) is 10.0. The molecule has 3 nitrogen and oxygen atoms in total. The van der Waals surface area contributed by atoms with Crippen LogP contribution < -0.4 is 5.73 Å². The van der Waals surface area contributed by atoms with Crippen molar-refractivity contribution < 1.29 is 0 Å². The van der Waals surface area contributed by atoms with Crippen molar-refractivity contribution in [2.24, 2.45) is 0 Å². The lowest BCUT2D eigenvalue weighted by Crippen LogP contribution is -1.83. The molecule has 0 aliphatic heterocycles. The summed E-state index contributed by atoms with van der Waals surface area (Å²) in [5.41, 5.74) is 6.36. The molecule has 2 aromatic rings. The van der Waals surface area contributed by atoms with Crippen molar-refractivity contribution in [1.29, 1.82) is 0 Å². The van der Waals surface area contributed by atoms with E-state index in [0.29, 0.717) is 0 Å². The Morgan fingerprint density at radius 1 is 0.929 bits per heavy atom. The zero-order valence-electron chi connectivity index (χ0n) is 7.42. The average Bonchev–Trinajstić information content (AvgIpc) is 2.23. The van der Waals surface area contributed by atoms with E-state index in [-0.39, 0.29) is 0 Å². The van der Waals surface area contributed by atoms with E-state index < -0.39 is 0 Å². The van der Waals surface area contributed by atoms with Crippen LogP contribution in [0.25, 0.3) is 0 Å². The molecule has 0 amide bonds. The van der Waals surface area contributed by atoms with Crippen molar-refractivity contribution in [3.8, 4) is 0 Å². The van der Waals surface area contributed by atoms with Gasteiger partial charge in [-0.25, -0.2) is 9.97 Å². The molecule has 70 valence electrons. The molecular weight excluding hydrogens is 194 g/mol. The molecule has 0 aliphatic rings. The standard InChI is InChI=1S/C10H9N3S/c11-8-1-3-9(4-2-8)14-10-5-12-7-13-6-10/h1-7H,11H2. The molecule has 1 heterocycles. The van der Waals surface area contributed by atoms with Gasteiger partial charge in [-0.15, -0.1) is 0 Å². The molecule has 4 heteroatoms. The van der Waals surface area contributed by atoms with E-state index >= 15 is 0 Å². The highest BCUT2D eigenvalue weighted by atomic mass is 32.2. The van der Waals surface area contributed by atoms with E-state index in [2.05, 4.69) is 9.97 Å². The Hall–Kier alpha value is -1.55. The fourth-order valence-corrected chi connectivity index (χ4v) is 1.78. The van der Waals surface area contributed by atoms with Gasteiger partial charge in [0.25, 0.3) is 0 Å². The third-order valence-electron chi connectivity index (χ3n) is 1.65. The average molecular weight is 203 g/mol. The summed E-state index contributed by atoms with van der Waals surface area (Å²) in [6, 6.07) is 7.72. The van der Waals surface area contributed by atoms with Crippen molar-refractivity contribution in [3.63, 3.8) is 0 Å². The molecule has 1 aromatic carbocycles. The number of nitrogens with two attached hydrogens (primary N) is 1. The fourth-order valence-electron chi connectivity index (χ4n) is 1.01. The van der Waals surface area contributed by atoms with Gasteiger partial charge in [0.2, 0.25) is 0 Å². The second-order valence-corrected chi connectivity index (χ2v) is 3.89. The Bertz CT molecular complexity index is 399. The first kappa shape index (κ1) is 9.02. The Kier molecular flexibility index (Phi) is 2.65. The molecule has 0 fully saturated rings. The highest BCUT2D eigenvalue weighted by Crippen LogP contribution is 2.26. The molecule has 0 spiro atoms. The number of nitrogen functional groups attached to an aromatic ring is 1. The molecule has 0 atom stereocenters. The van der Waals surface area contributed by atoms with Gasteiger partial charge in [-0.05, 0) is 24.3 Å². The maximum absolute atomic E-state index is 5.59. The predicted molar refractivity (Wildman–Crippen MR) is 57.0 cm³/mol. The van der Waals surface area contributed by atoms with Crippen LogP contribution in [0.2, 0.25) is 0 Å². The number of rotatable bonds is 2. The van der Waals surface area contributed by atoms with Gasteiger partial charge < -0.3 is 5.73 Å². The van der Waals surface area contributed by atoms with Gasteiger partial charge in [0.15, 0.2) is 0 Å². The van der Waals surface area contributed by atoms with Gasteiger partial charge in [0.1, 0.15) is 6.33 Å². The lowest BCUT2D eigenvalue weighted by molar-refractivity contribution is 1.10. The third kappa shape index (κ3) is 2.23. The number of anilines is 1. The summed E-state index contributed by atoms with van der Waals surface area (Å²) < 4.78 is 0. The lowest BCUT2D eigenvalue weighted by atomic mass is 10.3. The number of hydrogen-bond acceptors (Lipinski definition) is 4. The molecule has 2 N–H and O–H groups in total. The minimum absolute atomic E-state index is 0.777. The third-order valence-corrected chi connectivity index (χ3v) is 2.61. The monoisotopic (exact) mass is 203 g/mol. The Morgan fingerprint density at radius 2 is 1.57 bits per heavy atom. The molecule has 0 radical (unpaired) electrons. The molecule has 14 heavy (non-hydrogen) atoms. The minimum Gasteiger partial charge on any atom is -0.399 e. The van der Waals surface area contributed by atoms with E-state index in [9.17, 15) is 0 Å². The quantitative estimate of drug-likeness (QED) is 0.760. The van der Waals surface area contributed by atoms with Crippen LogP contribution in [0, 0.1) is 0 Å². The number of aromatic nitrogens is 2. The van der Waals surface area contributed by atoms with Crippen molar-refractivity contribution in [1.82, 2.24) is 9.97 Å². The molecule has 2 rings (SSSR count). The van der Waals surface area contributed by atoms with Crippen molar-refractivity contribution in [3.05, 3.63) is 43.0 Å². The highest BCUT2D eigenvalue weighted by molar-refractivity contribution is 7.99. The van der Waals surface area contributed by atoms with E-state index in [1.807, 2.05) is 24.3 Å². The Labute approximate surface area is 86.4 Å². The summed E-state index contributed by atoms with van der Waals surface area (Å²) in [5.74, 6) is 0. The van der Waals surface area contributed by atoms with Gasteiger partial charge in [0.05, 0.1) is 0 Å². The topological polar surface area (TPSA) is 51.8 Å². The zero-order chi connectivity index (χ0) is 9.80. The van der Waals surface area contributed by atoms with Crippen molar-refractivity contribution in [2.75, 3.05) is 5.73 Å². The van der Waals surface area contributed by atoms with Gasteiger partial charge in [0, 0.05) is 27.9 Å². The van der Waals surface area contributed by atoms with Gasteiger partial charge >= 0.3 is 0 Å². The largest absolute Gasteiger partial charge is 0.399 e. The summed E-state index contributed by atoms with van der Waals surface area (Å²) in [5, 5.41) is 0. The maximum Gasteiger partial charge on any atom is 0.115 e. The van der Waals surface area contributed by atoms with E-state index in [4.69, 9.17) is 5.73 Å². The van der Waals surface area contributed by atoms with Crippen molar-refractivity contribution >= 4 is 17.4 Å². The van der Waals surface area contributed by atoms with Crippen LogP contribution >= 0.6 is 11.8 Å². The summed E-state index contributed by atoms with van der Waals surface area (Å²) in [7, 11) is 0. The first-order valence-electron chi connectivity index (χ1n) is 4.13. The Morgan fingerprint density at radius 3 is 2.21 bits per heavy atom. The molecule has 0 aliphatic carbocycles. The van der Waals surface area contributed by atoms with Crippen LogP contribution in [0.15, 0.2) is 52.8 Å².